The molecule has 0 aromatic heterocycles. The Morgan fingerprint density at radius 2 is 2.00 bits per heavy atom. The van der Waals surface area contributed by atoms with Gasteiger partial charge < -0.3 is 9.47 Å². The molecule has 0 bridgehead atoms. The topological polar surface area (TPSA) is 81.9 Å². The number of fused-ring (bicyclic) bond motifs is 3. The molecule has 34 heavy (non-hydrogen) atoms. The molecule has 2 heterocycles. The molecule has 0 radical (unpaired) electrons. The molecule has 0 atom stereocenters. The van der Waals surface area contributed by atoms with Crippen molar-refractivity contribution in [1.82, 2.24) is 4.90 Å². The van der Waals surface area contributed by atoms with Crippen molar-refractivity contribution in [2.24, 2.45) is 0 Å². The van der Waals surface area contributed by atoms with Gasteiger partial charge in [-0.15, -0.1) is 0 Å². The Morgan fingerprint density at radius 1 is 1.18 bits per heavy atom. The fourth-order valence-electron chi connectivity index (χ4n) is 4.28. The van der Waals surface area contributed by atoms with E-state index in [-0.39, 0.29) is 17.2 Å². The fraction of sp³-hybridized carbons (Fsp3) is 0.192. The van der Waals surface area contributed by atoms with E-state index in [2.05, 4.69) is 4.90 Å². The summed E-state index contributed by atoms with van der Waals surface area (Å²) in [6.45, 7) is 3.58. The summed E-state index contributed by atoms with van der Waals surface area (Å²) in [6.07, 6.45) is 2.31. The molecule has 2 aliphatic rings. The van der Waals surface area contributed by atoms with Gasteiger partial charge in [-0.3, -0.25) is 19.8 Å². The van der Waals surface area contributed by atoms with Crippen LogP contribution in [0.3, 0.4) is 0 Å². The first-order chi connectivity index (χ1) is 16.4. The van der Waals surface area contributed by atoms with Crippen LogP contribution in [0.25, 0.3) is 6.08 Å². The lowest BCUT2D eigenvalue weighted by Gasteiger charge is -2.30. The van der Waals surface area contributed by atoms with Gasteiger partial charge in [0.25, 0.3) is 5.69 Å². The number of ether oxygens (including phenoxy) is 2. The highest BCUT2D eigenvalue weighted by Crippen LogP contribution is 2.44. The number of carbonyl (C=O) groups is 1. The number of non-ortho nitro benzene ring substituents is 1. The van der Waals surface area contributed by atoms with E-state index in [4.69, 9.17) is 21.1 Å². The second-order valence-corrected chi connectivity index (χ2v) is 8.74. The smallest absolute Gasteiger partial charge is 0.270 e. The standard InChI is InChI=1S/C26H21ClN2O5/c1-16-11-22-20(14-28(15-33-22)10-9-18-6-2-3-8-21(18)27)26-24(16)25(30)23(34-26)13-17-5-4-7-19(12-17)29(31)32/h2-8,11-13H,9-10,14-15H2,1H3/b23-13-. The van der Waals surface area contributed by atoms with Crippen molar-refractivity contribution in [3.8, 4) is 11.5 Å². The molecule has 5 rings (SSSR count). The van der Waals surface area contributed by atoms with Crippen LogP contribution in [-0.4, -0.2) is 28.9 Å². The zero-order valence-corrected chi connectivity index (χ0v) is 19.2. The number of Topliss-reactive ketones (excluding diaryl/α,β-unsaturated/α-hetero) is 1. The maximum atomic E-state index is 13.2. The largest absolute Gasteiger partial charge is 0.478 e. The van der Waals surface area contributed by atoms with Crippen LogP contribution in [0.1, 0.15) is 32.6 Å². The molecule has 3 aromatic carbocycles. The first-order valence-electron chi connectivity index (χ1n) is 10.8. The molecule has 3 aromatic rings. The van der Waals surface area contributed by atoms with Crippen LogP contribution in [-0.2, 0) is 13.0 Å². The van der Waals surface area contributed by atoms with Gasteiger partial charge in [-0.1, -0.05) is 41.9 Å². The summed E-state index contributed by atoms with van der Waals surface area (Å²) in [4.78, 5) is 25.9. The van der Waals surface area contributed by atoms with Crippen LogP contribution < -0.4 is 9.47 Å². The van der Waals surface area contributed by atoms with Crippen LogP contribution in [0.5, 0.6) is 11.5 Å². The maximum Gasteiger partial charge on any atom is 0.270 e. The number of carbonyl (C=O) groups excluding carboxylic acids is 1. The van der Waals surface area contributed by atoms with E-state index in [0.717, 1.165) is 34.7 Å². The number of nitrogens with zero attached hydrogens (tertiary/aromatic N) is 2. The van der Waals surface area contributed by atoms with E-state index < -0.39 is 4.92 Å². The van der Waals surface area contributed by atoms with Gasteiger partial charge in [-0.05, 0) is 48.2 Å². The van der Waals surface area contributed by atoms with E-state index >= 15 is 0 Å². The lowest BCUT2D eigenvalue weighted by molar-refractivity contribution is -0.384. The number of ketones is 1. The summed E-state index contributed by atoms with van der Waals surface area (Å²) >= 11 is 6.29. The van der Waals surface area contributed by atoms with Crippen molar-refractivity contribution in [3.63, 3.8) is 0 Å². The second kappa shape index (κ2) is 8.93. The molecule has 0 aliphatic carbocycles. The lowest BCUT2D eigenvalue weighted by Crippen LogP contribution is -2.34. The third-order valence-corrected chi connectivity index (χ3v) is 6.39. The number of nitro benzene ring substituents is 1. The van der Waals surface area contributed by atoms with Crippen molar-refractivity contribution in [3.05, 3.63) is 103 Å². The Bertz CT molecular complexity index is 1350. The van der Waals surface area contributed by atoms with E-state index in [1.807, 2.05) is 37.3 Å². The Morgan fingerprint density at radius 3 is 2.79 bits per heavy atom. The van der Waals surface area contributed by atoms with Crippen LogP contribution in [0.2, 0.25) is 5.02 Å². The van der Waals surface area contributed by atoms with Gasteiger partial charge in [0.15, 0.2) is 5.76 Å². The van der Waals surface area contributed by atoms with Crippen molar-refractivity contribution >= 4 is 29.1 Å². The highest BCUT2D eigenvalue weighted by atomic mass is 35.5. The van der Waals surface area contributed by atoms with Crippen LogP contribution >= 0.6 is 11.6 Å². The zero-order chi connectivity index (χ0) is 23.8. The van der Waals surface area contributed by atoms with Crippen molar-refractivity contribution in [2.75, 3.05) is 13.3 Å². The van der Waals surface area contributed by atoms with Gasteiger partial charge >= 0.3 is 0 Å². The number of aryl methyl sites for hydroxylation is 1. The van der Waals surface area contributed by atoms with Gasteiger partial charge in [-0.2, -0.15) is 0 Å². The predicted octanol–water partition coefficient (Wildman–Crippen LogP) is 5.57. The molecule has 0 N–H and O–H groups in total. The van der Waals surface area contributed by atoms with Crippen LogP contribution in [0, 0.1) is 17.0 Å². The molecule has 0 saturated carbocycles. The zero-order valence-electron chi connectivity index (χ0n) is 18.4. The van der Waals surface area contributed by atoms with Crippen molar-refractivity contribution < 1.29 is 19.2 Å². The Balaban J connectivity index is 1.41. The Labute approximate surface area is 201 Å². The molecule has 8 heteroatoms. The lowest BCUT2D eigenvalue weighted by atomic mass is 9.98. The van der Waals surface area contributed by atoms with Crippen LogP contribution in [0.4, 0.5) is 5.69 Å². The minimum atomic E-state index is -0.469. The normalized spacial score (nSPS) is 16.1. The van der Waals surface area contributed by atoms with Crippen molar-refractivity contribution in [1.29, 1.82) is 0 Å². The number of halogens is 1. The minimum Gasteiger partial charge on any atom is -0.478 e. The van der Waals surface area contributed by atoms with Gasteiger partial charge in [0.1, 0.15) is 18.2 Å². The van der Waals surface area contributed by atoms with Crippen molar-refractivity contribution in [2.45, 2.75) is 19.9 Å². The Kier molecular flexibility index (Phi) is 5.81. The third kappa shape index (κ3) is 4.16. The van der Waals surface area contributed by atoms with E-state index in [1.54, 1.807) is 18.2 Å². The first kappa shape index (κ1) is 22.1. The number of nitro groups is 1. The molecular weight excluding hydrogens is 456 g/mol. The highest BCUT2D eigenvalue weighted by molar-refractivity contribution is 6.31. The number of benzene rings is 3. The molecule has 172 valence electrons. The summed E-state index contributed by atoms with van der Waals surface area (Å²) in [5, 5.41) is 11.8. The monoisotopic (exact) mass is 476 g/mol. The molecule has 2 aliphatic heterocycles. The number of rotatable bonds is 5. The predicted molar refractivity (Wildman–Crippen MR) is 128 cm³/mol. The molecule has 0 saturated heterocycles. The fourth-order valence-corrected chi connectivity index (χ4v) is 4.51. The summed E-state index contributed by atoms with van der Waals surface area (Å²) < 4.78 is 12.0. The van der Waals surface area contributed by atoms with E-state index in [1.165, 1.54) is 12.1 Å². The number of hydrogen-bond donors (Lipinski definition) is 0. The average molecular weight is 477 g/mol. The third-order valence-electron chi connectivity index (χ3n) is 6.02. The summed E-state index contributed by atoms with van der Waals surface area (Å²) in [5.74, 6) is 1.10. The maximum absolute atomic E-state index is 13.2. The first-order valence-corrected chi connectivity index (χ1v) is 11.2. The average Bonchev–Trinajstić information content (AvgIpc) is 3.15. The SMILES string of the molecule is Cc1cc2c(c3c1C(=O)/C(=C/c1cccc([N+](=O)[O-])c1)O3)CN(CCc1ccccc1Cl)CO2. The quantitative estimate of drug-likeness (QED) is 0.272. The van der Waals surface area contributed by atoms with Gasteiger partial charge in [0.2, 0.25) is 5.78 Å². The molecule has 0 amide bonds. The molecule has 0 unspecified atom stereocenters. The van der Waals surface area contributed by atoms with E-state index in [9.17, 15) is 14.9 Å². The summed E-state index contributed by atoms with van der Waals surface area (Å²) in [7, 11) is 0. The highest BCUT2D eigenvalue weighted by Gasteiger charge is 2.35. The summed E-state index contributed by atoms with van der Waals surface area (Å²) in [6, 6.07) is 15.7. The second-order valence-electron chi connectivity index (χ2n) is 8.33. The van der Waals surface area contributed by atoms with Gasteiger partial charge in [0.05, 0.1) is 16.1 Å². The summed E-state index contributed by atoms with van der Waals surface area (Å²) in [5.41, 5.74) is 3.64. The van der Waals surface area contributed by atoms with Crippen LogP contribution in [0.15, 0.2) is 60.4 Å². The number of hydrogen-bond acceptors (Lipinski definition) is 6. The van der Waals surface area contributed by atoms with E-state index in [0.29, 0.717) is 35.9 Å². The van der Waals surface area contributed by atoms with Gasteiger partial charge in [0, 0.05) is 30.2 Å². The number of allylic oxidation sites excluding steroid dienone is 1. The molecular formula is C26H21ClN2O5. The molecule has 0 spiro atoms. The molecule has 7 nitrogen and oxygen atoms in total. The Hall–Kier alpha value is -3.68. The van der Waals surface area contributed by atoms with Gasteiger partial charge in [-0.25, -0.2) is 0 Å². The minimum absolute atomic E-state index is 0.0477. The molecule has 0 fully saturated rings.